The minimum Gasteiger partial charge on any atom is -0.343 e. The summed E-state index contributed by atoms with van der Waals surface area (Å²) >= 11 is 0. The van der Waals surface area contributed by atoms with E-state index in [9.17, 15) is 22.0 Å². The third-order valence-electron chi connectivity index (χ3n) is 4.97. The zero-order chi connectivity index (χ0) is 19.6. The molecule has 0 spiro atoms. The number of carbonyl (C=O) groups is 1. The van der Waals surface area contributed by atoms with Crippen LogP contribution in [0.4, 0.5) is 8.78 Å². The Morgan fingerprint density at radius 1 is 1.07 bits per heavy atom. The number of hydrogen-bond acceptors (Lipinski definition) is 3. The largest absolute Gasteiger partial charge is 0.343 e. The van der Waals surface area contributed by atoms with Gasteiger partial charge in [-0.3, -0.25) is 4.79 Å². The van der Waals surface area contributed by atoms with Crippen molar-refractivity contribution in [3.63, 3.8) is 0 Å². The fourth-order valence-corrected chi connectivity index (χ4v) is 5.08. The van der Waals surface area contributed by atoms with Crippen molar-refractivity contribution >= 4 is 15.7 Å². The Morgan fingerprint density at radius 2 is 1.70 bits per heavy atom. The molecule has 0 aromatic heterocycles. The number of halogens is 2. The standard InChI is InChI=1S/C20H21F2NO3S/c1-14(24)23-10-8-15(9-11-23)13-27(25,26)18-5-2-16(3-6-18)19-7-4-17(21)12-20(19)22/h2-7,12,15H,8-11,13H2,1H3. The molecule has 27 heavy (non-hydrogen) atoms. The predicted octanol–water partition coefficient (Wildman–Crippen LogP) is 3.66. The van der Waals surface area contributed by atoms with Crippen LogP contribution in [0.25, 0.3) is 11.1 Å². The number of piperidine rings is 1. The molecule has 1 saturated heterocycles. The van der Waals surface area contributed by atoms with E-state index in [-0.39, 0.29) is 28.0 Å². The predicted molar refractivity (Wildman–Crippen MR) is 98.8 cm³/mol. The van der Waals surface area contributed by atoms with Crippen LogP contribution in [0.15, 0.2) is 47.4 Å². The van der Waals surface area contributed by atoms with Gasteiger partial charge in [-0.1, -0.05) is 12.1 Å². The van der Waals surface area contributed by atoms with Gasteiger partial charge in [-0.2, -0.15) is 0 Å². The highest BCUT2D eigenvalue weighted by atomic mass is 32.2. The number of nitrogens with zero attached hydrogens (tertiary/aromatic N) is 1. The first-order valence-electron chi connectivity index (χ1n) is 8.80. The van der Waals surface area contributed by atoms with Gasteiger partial charge in [0.15, 0.2) is 9.84 Å². The van der Waals surface area contributed by atoms with E-state index in [0.717, 1.165) is 12.1 Å². The lowest BCUT2D eigenvalue weighted by Gasteiger charge is -2.31. The molecule has 0 saturated carbocycles. The normalized spacial score (nSPS) is 15.7. The van der Waals surface area contributed by atoms with Crippen LogP contribution in [0.2, 0.25) is 0 Å². The van der Waals surface area contributed by atoms with E-state index in [0.29, 0.717) is 31.5 Å². The third-order valence-corrected chi connectivity index (χ3v) is 6.87. The first-order chi connectivity index (χ1) is 12.8. The molecule has 0 atom stereocenters. The summed E-state index contributed by atoms with van der Waals surface area (Å²) in [6.07, 6.45) is 1.33. The van der Waals surface area contributed by atoms with Crippen LogP contribution in [0, 0.1) is 17.6 Å². The maximum Gasteiger partial charge on any atom is 0.219 e. The van der Waals surface area contributed by atoms with Gasteiger partial charge >= 0.3 is 0 Å². The average molecular weight is 393 g/mol. The number of sulfone groups is 1. The second-order valence-corrected chi connectivity index (χ2v) is 8.91. The number of carbonyl (C=O) groups excluding carboxylic acids is 1. The van der Waals surface area contributed by atoms with Gasteiger partial charge < -0.3 is 4.90 Å². The van der Waals surface area contributed by atoms with Crippen LogP contribution in [-0.4, -0.2) is 38.1 Å². The summed E-state index contributed by atoms with van der Waals surface area (Å²) in [4.78, 5) is 13.3. The molecule has 0 N–H and O–H groups in total. The van der Waals surface area contributed by atoms with Gasteiger partial charge in [-0.25, -0.2) is 17.2 Å². The van der Waals surface area contributed by atoms with Gasteiger partial charge in [-0.05, 0) is 48.6 Å². The smallest absolute Gasteiger partial charge is 0.219 e. The molecule has 0 bridgehead atoms. The first-order valence-corrected chi connectivity index (χ1v) is 10.5. The molecule has 0 radical (unpaired) electrons. The molecule has 3 rings (SSSR count). The molecule has 1 aliphatic rings. The molecule has 4 nitrogen and oxygen atoms in total. The van der Waals surface area contributed by atoms with Crippen molar-refractivity contribution in [2.75, 3.05) is 18.8 Å². The topological polar surface area (TPSA) is 54.5 Å². The van der Waals surface area contributed by atoms with E-state index in [1.54, 1.807) is 4.90 Å². The fourth-order valence-electron chi connectivity index (χ4n) is 3.39. The summed E-state index contributed by atoms with van der Waals surface area (Å²) < 4.78 is 52.3. The highest BCUT2D eigenvalue weighted by Crippen LogP contribution is 2.27. The Bertz CT molecular complexity index is 934. The van der Waals surface area contributed by atoms with Crippen LogP contribution in [0.3, 0.4) is 0 Å². The summed E-state index contributed by atoms with van der Waals surface area (Å²) in [6.45, 7) is 2.68. The summed E-state index contributed by atoms with van der Waals surface area (Å²) in [5, 5.41) is 0. The quantitative estimate of drug-likeness (QED) is 0.797. The Hall–Kier alpha value is -2.28. The summed E-state index contributed by atoms with van der Waals surface area (Å²) in [5.74, 6) is -1.29. The van der Waals surface area contributed by atoms with Crippen LogP contribution in [0.5, 0.6) is 0 Å². The minimum absolute atomic E-state index is 0.0137. The SMILES string of the molecule is CC(=O)N1CCC(CS(=O)(=O)c2ccc(-c3ccc(F)cc3F)cc2)CC1. The van der Waals surface area contributed by atoms with Gasteiger partial charge in [0.2, 0.25) is 5.91 Å². The summed E-state index contributed by atoms with van der Waals surface area (Å²) in [7, 11) is -3.47. The molecule has 1 heterocycles. The van der Waals surface area contributed by atoms with Crippen molar-refractivity contribution in [3.05, 3.63) is 54.1 Å². The molecule has 1 aliphatic heterocycles. The molecule has 1 fully saturated rings. The number of likely N-dealkylation sites (tertiary alicyclic amines) is 1. The van der Waals surface area contributed by atoms with Crippen molar-refractivity contribution in [3.8, 4) is 11.1 Å². The molecule has 1 amide bonds. The molecule has 7 heteroatoms. The highest BCUT2D eigenvalue weighted by molar-refractivity contribution is 7.91. The van der Waals surface area contributed by atoms with E-state index in [1.165, 1.54) is 37.3 Å². The summed E-state index contributed by atoms with van der Waals surface area (Å²) in [6, 6.07) is 9.26. The van der Waals surface area contributed by atoms with Gasteiger partial charge in [0.1, 0.15) is 11.6 Å². The van der Waals surface area contributed by atoms with Crippen molar-refractivity contribution in [1.29, 1.82) is 0 Å². The minimum atomic E-state index is -3.47. The lowest BCUT2D eigenvalue weighted by atomic mass is 9.99. The number of amides is 1. The molecular formula is C20H21F2NO3S. The Morgan fingerprint density at radius 3 is 2.26 bits per heavy atom. The van der Waals surface area contributed by atoms with Gasteiger partial charge in [-0.15, -0.1) is 0 Å². The molecule has 2 aromatic carbocycles. The first kappa shape index (κ1) is 19.5. The zero-order valence-electron chi connectivity index (χ0n) is 15.0. The van der Waals surface area contributed by atoms with E-state index < -0.39 is 21.5 Å². The van der Waals surface area contributed by atoms with Crippen molar-refractivity contribution in [2.45, 2.75) is 24.7 Å². The lowest BCUT2D eigenvalue weighted by Crippen LogP contribution is -2.38. The Kier molecular flexibility index (Phi) is 5.60. The second-order valence-electron chi connectivity index (χ2n) is 6.88. The van der Waals surface area contributed by atoms with Gasteiger partial charge in [0.05, 0.1) is 10.6 Å². The zero-order valence-corrected chi connectivity index (χ0v) is 15.8. The van der Waals surface area contributed by atoms with Gasteiger partial charge in [0, 0.05) is 31.6 Å². The molecular weight excluding hydrogens is 372 g/mol. The van der Waals surface area contributed by atoms with Gasteiger partial charge in [0.25, 0.3) is 0 Å². The number of rotatable bonds is 4. The second kappa shape index (κ2) is 7.76. The monoisotopic (exact) mass is 393 g/mol. The van der Waals surface area contributed by atoms with Crippen LogP contribution in [-0.2, 0) is 14.6 Å². The van der Waals surface area contributed by atoms with Crippen molar-refractivity contribution < 1.29 is 22.0 Å². The third kappa shape index (κ3) is 4.53. The lowest BCUT2D eigenvalue weighted by molar-refractivity contribution is -0.130. The average Bonchev–Trinajstić information content (AvgIpc) is 2.62. The van der Waals surface area contributed by atoms with Crippen molar-refractivity contribution in [2.24, 2.45) is 5.92 Å². The molecule has 0 aliphatic carbocycles. The fraction of sp³-hybridized carbons (Fsp3) is 0.350. The van der Waals surface area contributed by atoms with E-state index in [2.05, 4.69) is 0 Å². The Labute approximate surface area is 157 Å². The van der Waals surface area contributed by atoms with E-state index in [4.69, 9.17) is 0 Å². The summed E-state index contributed by atoms with van der Waals surface area (Å²) in [5.41, 5.74) is 0.707. The maximum absolute atomic E-state index is 13.9. The molecule has 2 aromatic rings. The maximum atomic E-state index is 13.9. The molecule has 0 unspecified atom stereocenters. The molecule has 144 valence electrons. The highest BCUT2D eigenvalue weighted by Gasteiger charge is 2.26. The van der Waals surface area contributed by atoms with Crippen LogP contribution >= 0.6 is 0 Å². The van der Waals surface area contributed by atoms with Crippen molar-refractivity contribution in [1.82, 2.24) is 4.90 Å². The van der Waals surface area contributed by atoms with Crippen LogP contribution < -0.4 is 0 Å². The Balaban J connectivity index is 1.71. The van der Waals surface area contributed by atoms with Crippen LogP contribution in [0.1, 0.15) is 19.8 Å². The number of hydrogen-bond donors (Lipinski definition) is 0. The number of benzene rings is 2. The van der Waals surface area contributed by atoms with E-state index in [1.807, 2.05) is 0 Å². The van der Waals surface area contributed by atoms with E-state index >= 15 is 0 Å².